The minimum atomic E-state index is -1.04. The van der Waals surface area contributed by atoms with E-state index < -0.39 is 29.6 Å². The Bertz CT molecular complexity index is 1530. The second kappa shape index (κ2) is 12.3. The van der Waals surface area contributed by atoms with Crippen molar-refractivity contribution in [2.75, 3.05) is 26.6 Å². The molecular formula is C32H31N3O6. The molecule has 1 fully saturated rings. The molecule has 1 saturated heterocycles. The van der Waals surface area contributed by atoms with Crippen LogP contribution in [-0.4, -0.2) is 54.2 Å². The van der Waals surface area contributed by atoms with E-state index in [1.165, 1.54) is 6.20 Å². The van der Waals surface area contributed by atoms with Crippen LogP contribution in [0.3, 0.4) is 0 Å². The van der Waals surface area contributed by atoms with Gasteiger partial charge in [-0.25, -0.2) is 9.78 Å². The van der Waals surface area contributed by atoms with Crippen LogP contribution in [0.25, 0.3) is 0 Å². The van der Waals surface area contributed by atoms with Gasteiger partial charge < -0.3 is 29.8 Å². The monoisotopic (exact) mass is 553 g/mol. The number of nitrogens with zero attached hydrogens (tertiary/aromatic N) is 1. The minimum Gasteiger partial charge on any atom is -0.497 e. The molecule has 9 heteroatoms. The van der Waals surface area contributed by atoms with Gasteiger partial charge in [0.05, 0.1) is 38.7 Å². The molecule has 0 amide bonds. The first-order valence-corrected chi connectivity index (χ1v) is 13.1. The SMILES string of the molecule is COc1ccc(C(OC[C@H]2O[C@@H](C#Cc3cnc(=O)[nH]c3N)C[C@@H]2O)(c2ccccc2)c2ccc(OC)cc2)cc1. The molecule has 0 spiro atoms. The van der Waals surface area contributed by atoms with Crippen LogP contribution in [0.4, 0.5) is 5.82 Å². The Morgan fingerprint density at radius 1 is 0.976 bits per heavy atom. The standard InChI is InChI=1S/C32H31N3O6/c1-38-25-14-9-23(10-15-25)32(22-6-4-3-5-7-22,24-11-16-26(39-2)17-12-24)40-20-29-28(36)18-27(41-29)13-8-21-19-34-31(37)35-30(21)33/h3-7,9-12,14-17,19,27-29,36H,18,20H2,1-2H3,(H3,33,34,35,37)/t27-,28-,29+/m0/s1. The van der Waals surface area contributed by atoms with Gasteiger partial charge in [0, 0.05) is 6.42 Å². The highest BCUT2D eigenvalue weighted by Crippen LogP contribution is 2.42. The van der Waals surface area contributed by atoms with Crippen molar-refractivity contribution in [2.45, 2.75) is 30.3 Å². The van der Waals surface area contributed by atoms with Gasteiger partial charge in [-0.1, -0.05) is 66.4 Å². The predicted octanol–water partition coefficient (Wildman–Crippen LogP) is 3.25. The lowest BCUT2D eigenvalue weighted by atomic mass is 9.80. The van der Waals surface area contributed by atoms with Crippen molar-refractivity contribution in [3.8, 4) is 23.3 Å². The number of anilines is 1. The average molecular weight is 554 g/mol. The smallest absolute Gasteiger partial charge is 0.346 e. The summed E-state index contributed by atoms with van der Waals surface area (Å²) in [5.41, 5.74) is 7.28. The normalized spacial score (nSPS) is 18.4. The number of nitrogens with one attached hydrogen (secondary N) is 1. The summed E-state index contributed by atoms with van der Waals surface area (Å²) in [5, 5.41) is 10.9. The number of aliphatic hydroxyl groups is 1. The van der Waals surface area contributed by atoms with Gasteiger partial charge in [0.15, 0.2) is 0 Å². The van der Waals surface area contributed by atoms with Crippen molar-refractivity contribution in [1.29, 1.82) is 0 Å². The van der Waals surface area contributed by atoms with Gasteiger partial charge in [0.1, 0.15) is 35.1 Å². The van der Waals surface area contributed by atoms with Crippen molar-refractivity contribution in [3.05, 3.63) is 118 Å². The number of nitrogens with two attached hydrogens (primary N) is 1. The highest BCUT2D eigenvalue weighted by atomic mass is 16.6. The number of ether oxygens (including phenoxy) is 4. The maximum absolute atomic E-state index is 11.3. The van der Waals surface area contributed by atoms with Crippen LogP contribution in [0, 0.1) is 11.8 Å². The number of H-pyrrole nitrogens is 1. The number of hydrogen-bond donors (Lipinski definition) is 3. The Kier molecular flexibility index (Phi) is 8.36. The third kappa shape index (κ3) is 5.95. The van der Waals surface area contributed by atoms with Crippen LogP contribution in [0.5, 0.6) is 11.5 Å². The lowest BCUT2D eigenvalue weighted by molar-refractivity contribution is -0.0759. The molecule has 1 aromatic heterocycles. The fraction of sp³-hybridized carbons (Fsp3) is 0.250. The van der Waals surface area contributed by atoms with Crippen LogP contribution < -0.4 is 20.9 Å². The Balaban J connectivity index is 1.48. The van der Waals surface area contributed by atoms with Gasteiger partial charge in [-0.3, -0.25) is 4.98 Å². The van der Waals surface area contributed by atoms with E-state index in [-0.39, 0.29) is 12.4 Å². The summed E-state index contributed by atoms with van der Waals surface area (Å²) in [7, 11) is 3.25. The Labute approximate surface area is 237 Å². The van der Waals surface area contributed by atoms with Crippen LogP contribution in [0.15, 0.2) is 89.9 Å². The molecule has 1 aliphatic rings. The van der Waals surface area contributed by atoms with Gasteiger partial charge >= 0.3 is 5.69 Å². The van der Waals surface area contributed by atoms with E-state index in [9.17, 15) is 9.90 Å². The summed E-state index contributed by atoms with van der Waals surface area (Å²) >= 11 is 0. The average Bonchev–Trinajstić information content (AvgIpc) is 3.37. The van der Waals surface area contributed by atoms with E-state index in [2.05, 4.69) is 21.8 Å². The van der Waals surface area contributed by atoms with E-state index >= 15 is 0 Å². The lowest BCUT2D eigenvalue weighted by Gasteiger charge is -2.37. The Hall–Kier alpha value is -4.62. The van der Waals surface area contributed by atoms with Gasteiger partial charge in [-0.15, -0.1) is 0 Å². The molecular weight excluding hydrogens is 522 g/mol. The number of hydrogen-bond acceptors (Lipinski definition) is 8. The molecule has 41 heavy (non-hydrogen) atoms. The second-order valence-electron chi connectivity index (χ2n) is 9.57. The summed E-state index contributed by atoms with van der Waals surface area (Å²) in [6.45, 7) is 0.0780. The first-order valence-electron chi connectivity index (χ1n) is 13.1. The fourth-order valence-corrected chi connectivity index (χ4v) is 4.92. The Morgan fingerprint density at radius 3 is 2.12 bits per heavy atom. The third-order valence-electron chi connectivity index (χ3n) is 7.07. The number of aliphatic hydroxyl groups excluding tert-OH is 1. The Morgan fingerprint density at radius 2 is 1.56 bits per heavy atom. The predicted molar refractivity (Wildman–Crippen MR) is 154 cm³/mol. The number of aromatic amines is 1. The molecule has 0 saturated carbocycles. The van der Waals surface area contributed by atoms with E-state index in [1.807, 2.05) is 78.9 Å². The molecule has 4 aromatic rings. The quantitative estimate of drug-likeness (QED) is 0.224. The number of aromatic nitrogens is 2. The maximum Gasteiger partial charge on any atom is 0.346 e. The molecule has 0 radical (unpaired) electrons. The molecule has 0 unspecified atom stereocenters. The molecule has 3 aromatic carbocycles. The second-order valence-corrected chi connectivity index (χ2v) is 9.57. The largest absolute Gasteiger partial charge is 0.497 e. The van der Waals surface area contributed by atoms with Crippen molar-refractivity contribution in [2.24, 2.45) is 0 Å². The third-order valence-corrected chi connectivity index (χ3v) is 7.07. The number of nitrogen functional groups attached to an aromatic ring is 1. The van der Waals surface area contributed by atoms with E-state index in [0.717, 1.165) is 28.2 Å². The minimum absolute atomic E-state index is 0.0780. The van der Waals surface area contributed by atoms with Crippen molar-refractivity contribution >= 4 is 5.82 Å². The molecule has 5 rings (SSSR count). The van der Waals surface area contributed by atoms with Crippen molar-refractivity contribution in [3.63, 3.8) is 0 Å². The molecule has 9 nitrogen and oxygen atoms in total. The summed E-state index contributed by atoms with van der Waals surface area (Å²) in [6.07, 6.45) is -0.398. The molecule has 0 bridgehead atoms. The van der Waals surface area contributed by atoms with Gasteiger partial charge in [0.25, 0.3) is 0 Å². The fourth-order valence-electron chi connectivity index (χ4n) is 4.92. The molecule has 3 atom stereocenters. The van der Waals surface area contributed by atoms with Crippen LogP contribution >= 0.6 is 0 Å². The van der Waals surface area contributed by atoms with Crippen molar-refractivity contribution in [1.82, 2.24) is 9.97 Å². The van der Waals surface area contributed by atoms with Gasteiger partial charge in [-0.2, -0.15) is 0 Å². The van der Waals surface area contributed by atoms with Gasteiger partial charge in [-0.05, 0) is 41.0 Å². The summed E-state index contributed by atoms with van der Waals surface area (Å²) < 4.78 is 23.8. The van der Waals surface area contributed by atoms with Crippen LogP contribution in [0.1, 0.15) is 28.7 Å². The number of rotatable bonds is 8. The first-order chi connectivity index (χ1) is 19.9. The molecule has 4 N–H and O–H groups in total. The zero-order valence-corrected chi connectivity index (χ0v) is 22.7. The van der Waals surface area contributed by atoms with Crippen LogP contribution in [-0.2, 0) is 15.1 Å². The zero-order valence-electron chi connectivity index (χ0n) is 22.7. The molecule has 210 valence electrons. The van der Waals surface area contributed by atoms with E-state index in [4.69, 9.17) is 24.7 Å². The summed E-state index contributed by atoms with van der Waals surface area (Å²) in [6, 6.07) is 25.4. The lowest BCUT2D eigenvalue weighted by Crippen LogP contribution is -2.38. The topological polar surface area (TPSA) is 129 Å². The van der Waals surface area contributed by atoms with Crippen molar-refractivity contribution < 1.29 is 24.1 Å². The maximum atomic E-state index is 11.3. The summed E-state index contributed by atoms with van der Waals surface area (Å²) in [5.74, 6) is 7.44. The molecule has 1 aliphatic heterocycles. The van der Waals surface area contributed by atoms with Gasteiger partial charge in [0.2, 0.25) is 0 Å². The van der Waals surface area contributed by atoms with E-state index in [0.29, 0.717) is 12.0 Å². The van der Waals surface area contributed by atoms with E-state index in [1.54, 1.807) is 14.2 Å². The highest BCUT2D eigenvalue weighted by molar-refractivity contribution is 5.50. The molecule has 0 aliphatic carbocycles. The highest BCUT2D eigenvalue weighted by Gasteiger charge is 2.41. The molecule has 2 heterocycles. The number of methoxy groups -OCH3 is 2. The zero-order chi connectivity index (χ0) is 28.8. The summed E-state index contributed by atoms with van der Waals surface area (Å²) in [4.78, 5) is 17.4. The number of benzene rings is 3. The first kappa shape index (κ1) is 27.9. The van der Waals surface area contributed by atoms with Crippen LogP contribution in [0.2, 0.25) is 0 Å².